The number of pyridine rings is 2. The molecular weight excluding hydrogens is 416 g/mol. The van der Waals surface area contributed by atoms with E-state index in [0.29, 0.717) is 25.1 Å². The summed E-state index contributed by atoms with van der Waals surface area (Å²) in [5.74, 6) is -0.638. The van der Waals surface area contributed by atoms with E-state index in [1.807, 2.05) is 23.1 Å². The lowest BCUT2D eigenvalue weighted by molar-refractivity contribution is -0.139. The fourth-order valence-corrected chi connectivity index (χ4v) is 4.33. The highest BCUT2D eigenvalue weighted by Crippen LogP contribution is 2.30. The number of hydrogen-bond donors (Lipinski definition) is 1. The number of carbonyl (C=O) groups is 2. The van der Waals surface area contributed by atoms with Gasteiger partial charge in [0, 0.05) is 56.1 Å². The third-order valence-corrected chi connectivity index (χ3v) is 6.15. The first kappa shape index (κ1) is 23.2. The Morgan fingerprint density at radius 2 is 2.03 bits per heavy atom. The van der Waals surface area contributed by atoms with E-state index in [1.165, 1.54) is 6.20 Å². The fraction of sp³-hybridized carbons (Fsp3) is 0.478. The van der Waals surface area contributed by atoms with Crippen LogP contribution in [0, 0.1) is 11.8 Å². The Hall–Kier alpha value is -2.51. The zero-order valence-corrected chi connectivity index (χ0v) is 18.5. The molecule has 2 unspecified atom stereocenters. The number of piperidine rings is 1. The summed E-state index contributed by atoms with van der Waals surface area (Å²) < 4.78 is 0. The number of nitrogens with zero attached hydrogens (tertiary/aromatic N) is 4. The van der Waals surface area contributed by atoms with Gasteiger partial charge in [-0.1, -0.05) is 17.7 Å². The van der Waals surface area contributed by atoms with Crippen molar-refractivity contribution in [2.24, 2.45) is 11.8 Å². The van der Waals surface area contributed by atoms with Gasteiger partial charge < -0.3 is 14.9 Å². The highest BCUT2D eigenvalue weighted by molar-refractivity contribution is 6.29. The third kappa shape index (κ3) is 7.01. The van der Waals surface area contributed by atoms with Crippen LogP contribution in [-0.4, -0.2) is 70.0 Å². The average Bonchev–Trinajstić information content (AvgIpc) is 2.77. The number of likely N-dealkylation sites (N-methyl/N-ethyl adjacent to an activating group) is 1. The Bertz CT molecular complexity index is 880. The standard InChI is InChI=1S/C23H29ClN4O3/c1-27(12-8-20-4-2-3-9-25-20)11-6-19-16-28(13-7-17(19)15-22(29)30)23(31)18-5-10-26-21(24)14-18/h2-5,9-10,14,17,19H,6-8,11-13,15-16H2,1H3,(H,29,30). The number of hydrogen-bond acceptors (Lipinski definition) is 5. The molecule has 166 valence electrons. The molecule has 1 fully saturated rings. The monoisotopic (exact) mass is 444 g/mol. The van der Waals surface area contributed by atoms with Crippen LogP contribution in [0.1, 0.15) is 35.3 Å². The van der Waals surface area contributed by atoms with E-state index in [0.717, 1.165) is 31.6 Å². The zero-order valence-electron chi connectivity index (χ0n) is 17.8. The molecule has 1 N–H and O–H groups in total. The normalized spacial score (nSPS) is 18.9. The minimum atomic E-state index is -0.779. The van der Waals surface area contributed by atoms with Gasteiger partial charge in [0.25, 0.3) is 5.91 Å². The van der Waals surface area contributed by atoms with Crippen LogP contribution in [-0.2, 0) is 11.2 Å². The molecule has 2 aromatic heterocycles. The largest absolute Gasteiger partial charge is 0.481 e. The smallest absolute Gasteiger partial charge is 0.303 e. The van der Waals surface area contributed by atoms with E-state index in [1.54, 1.807) is 18.3 Å². The van der Waals surface area contributed by atoms with E-state index in [4.69, 9.17) is 11.6 Å². The van der Waals surface area contributed by atoms with Crippen LogP contribution in [0.25, 0.3) is 0 Å². The van der Waals surface area contributed by atoms with Gasteiger partial charge in [0.1, 0.15) is 5.15 Å². The molecule has 0 bridgehead atoms. The quantitative estimate of drug-likeness (QED) is 0.597. The lowest BCUT2D eigenvalue weighted by Gasteiger charge is -2.39. The maximum absolute atomic E-state index is 12.9. The molecule has 0 spiro atoms. The fourth-order valence-electron chi connectivity index (χ4n) is 4.15. The summed E-state index contributed by atoms with van der Waals surface area (Å²) in [7, 11) is 2.07. The van der Waals surface area contributed by atoms with Crippen LogP contribution in [0.4, 0.5) is 0 Å². The average molecular weight is 445 g/mol. The second kappa shape index (κ2) is 11.2. The predicted molar refractivity (Wildman–Crippen MR) is 119 cm³/mol. The summed E-state index contributed by atoms with van der Waals surface area (Å²) in [5.41, 5.74) is 1.58. The minimum Gasteiger partial charge on any atom is -0.481 e. The van der Waals surface area contributed by atoms with Crippen LogP contribution in [0.5, 0.6) is 0 Å². The van der Waals surface area contributed by atoms with E-state index in [-0.39, 0.29) is 29.3 Å². The molecule has 1 amide bonds. The molecule has 0 aliphatic carbocycles. The molecular formula is C23H29ClN4O3. The summed E-state index contributed by atoms with van der Waals surface area (Å²) in [5, 5.41) is 9.62. The molecule has 0 radical (unpaired) electrons. The first-order chi connectivity index (χ1) is 14.9. The van der Waals surface area contributed by atoms with E-state index >= 15 is 0 Å². The maximum atomic E-state index is 12.9. The predicted octanol–water partition coefficient (Wildman–Crippen LogP) is 3.25. The molecule has 1 aliphatic heterocycles. The van der Waals surface area contributed by atoms with Gasteiger partial charge in [0.15, 0.2) is 0 Å². The van der Waals surface area contributed by atoms with Gasteiger partial charge in [-0.15, -0.1) is 0 Å². The van der Waals surface area contributed by atoms with Crippen molar-refractivity contribution in [3.63, 3.8) is 0 Å². The number of rotatable bonds is 9. The second-order valence-electron chi connectivity index (χ2n) is 8.19. The van der Waals surface area contributed by atoms with Gasteiger partial charge in [-0.25, -0.2) is 4.98 Å². The Balaban J connectivity index is 1.58. The van der Waals surface area contributed by atoms with Crippen molar-refractivity contribution in [3.05, 3.63) is 59.1 Å². The first-order valence-electron chi connectivity index (χ1n) is 10.6. The number of aliphatic carboxylic acids is 1. The van der Waals surface area contributed by atoms with Crippen molar-refractivity contribution < 1.29 is 14.7 Å². The number of carboxylic acid groups (broad SMARTS) is 1. The van der Waals surface area contributed by atoms with E-state index < -0.39 is 5.97 Å². The van der Waals surface area contributed by atoms with Gasteiger partial charge in [-0.05, 0) is 62.5 Å². The Morgan fingerprint density at radius 3 is 2.74 bits per heavy atom. The van der Waals surface area contributed by atoms with Crippen molar-refractivity contribution in [1.82, 2.24) is 19.8 Å². The van der Waals surface area contributed by atoms with Crippen LogP contribution in [0.2, 0.25) is 5.15 Å². The highest BCUT2D eigenvalue weighted by atomic mass is 35.5. The first-order valence-corrected chi connectivity index (χ1v) is 11.0. The van der Waals surface area contributed by atoms with Gasteiger partial charge >= 0.3 is 5.97 Å². The van der Waals surface area contributed by atoms with Crippen molar-refractivity contribution in [2.45, 2.75) is 25.7 Å². The summed E-state index contributed by atoms with van der Waals surface area (Å²) in [4.78, 5) is 36.7. The number of likely N-dealkylation sites (tertiary alicyclic amines) is 1. The highest BCUT2D eigenvalue weighted by Gasteiger charge is 2.33. The van der Waals surface area contributed by atoms with Crippen molar-refractivity contribution in [3.8, 4) is 0 Å². The minimum absolute atomic E-state index is 0.0757. The molecule has 0 saturated carbocycles. The van der Waals surface area contributed by atoms with Gasteiger partial charge in [-0.2, -0.15) is 0 Å². The Labute approximate surface area is 188 Å². The second-order valence-corrected chi connectivity index (χ2v) is 8.58. The molecule has 1 saturated heterocycles. The number of carboxylic acids is 1. The SMILES string of the molecule is CN(CCc1ccccn1)CCC1CN(C(=O)c2ccnc(Cl)c2)CCC1CC(=O)O. The summed E-state index contributed by atoms with van der Waals surface area (Å²) >= 11 is 5.94. The molecule has 3 heterocycles. The number of carbonyl (C=O) groups excluding carboxylic acids is 1. The number of amides is 1. The summed E-state index contributed by atoms with van der Waals surface area (Å²) in [6.07, 6.45) is 5.88. The van der Waals surface area contributed by atoms with Gasteiger partial charge in [0.2, 0.25) is 0 Å². The van der Waals surface area contributed by atoms with Crippen molar-refractivity contribution in [2.75, 3.05) is 33.2 Å². The third-order valence-electron chi connectivity index (χ3n) is 5.95. The molecule has 2 atom stereocenters. The molecule has 31 heavy (non-hydrogen) atoms. The van der Waals surface area contributed by atoms with E-state index in [9.17, 15) is 14.7 Å². The lowest BCUT2D eigenvalue weighted by atomic mass is 9.81. The molecule has 0 aromatic carbocycles. The summed E-state index contributed by atoms with van der Waals surface area (Å²) in [6, 6.07) is 9.16. The molecule has 3 rings (SSSR count). The molecule has 8 heteroatoms. The number of halogens is 1. The van der Waals surface area contributed by atoms with Crippen LogP contribution < -0.4 is 0 Å². The van der Waals surface area contributed by atoms with Gasteiger partial charge in [-0.3, -0.25) is 14.6 Å². The van der Waals surface area contributed by atoms with Crippen LogP contribution >= 0.6 is 11.6 Å². The van der Waals surface area contributed by atoms with Crippen LogP contribution in [0.15, 0.2) is 42.7 Å². The van der Waals surface area contributed by atoms with Crippen LogP contribution in [0.3, 0.4) is 0 Å². The number of aromatic nitrogens is 2. The molecule has 7 nitrogen and oxygen atoms in total. The van der Waals surface area contributed by atoms with Crippen molar-refractivity contribution >= 4 is 23.5 Å². The van der Waals surface area contributed by atoms with Gasteiger partial charge in [0.05, 0.1) is 0 Å². The molecule has 2 aromatic rings. The maximum Gasteiger partial charge on any atom is 0.303 e. The molecule has 1 aliphatic rings. The van der Waals surface area contributed by atoms with E-state index in [2.05, 4.69) is 21.9 Å². The zero-order chi connectivity index (χ0) is 22.2. The lowest BCUT2D eigenvalue weighted by Crippen LogP contribution is -2.45. The van der Waals surface area contributed by atoms with Crippen molar-refractivity contribution in [1.29, 1.82) is 0 Å². The summed E-state index contributed by atoms with van der Waals surface area (Å²) in [6.45, 7) is 2.84. The Kier molecular flexibility index (Phi) is 8.37. The Morgan fingerprint density at radius 1 is 1.19 bits per heavy atom. The topological polar surface area (TPSA) is 86.6 Å².